The minimum atomic E-state index is -0.428. The van der Waals surface area contributed by atoms with Crippen molar-refractivity contribution in [1.82, 2.24) is 13.9 Å². The largest absolute Gasteiger partial charge is 0.368 e. The van der Waals surface area contributed by atoms with Crippen molar-refractivity contribution in [2.45, 2.75) is 13.8 Å². The van der Waals surface area contributed by atoms with E-state index in [0.717, 1.165) is 30.5 Å². The first kappa shape index (κ1) is 30.2. The second kappa shape index (κ2) is 11.9. The lowest BCUT2D eigenvalue weighted by atomic mass is 10.0. The molecule has 12 heteroatoms. The highest BCUT2D eigenvalue weighted by molar-refractivity contribution is 8.27. The van der Waals surface area contributed by atoms with Crippen molar-refractivity contribution < 1.29 is 4.79 Å². The zero-order chi connectivity index (χ0) is 32.0. The van der Waals surface area contributed by atoms with Gasteiger partial charge in [0.05, 0.1) is 16.3 Å². The number of benzene rings is 2. The molecule has 2 aliphatic heterocycles. The summed E-state index contributed by atoms with van der Waals surface area (Å²) in [6.07, 6.45) is 1.71. The van der Waals surface area contributed by atoms with Crippen LogP contribution in [-0.4, -0.2) is 50.3 Å². The van der Waals surface area contributed by atoms with Crippen LogP contribution in [0.2, 0.25) is 0 Å². The highest BCUT2D eigenvalue weighted by Crippen LogP contribution is 2.38. The van der Waals surface area contributed by atoms with E-state index < -0.39 is 5.91 Å². The zero-order valence-electron chi connectivity index (χ0n) is 25.4. The molecule has 2 fully saturated rings. The number of thiocarbonyl (C=S) groups is 1. The van der Waals surface area contributed by atoms with Crippen molar-refractivity contribution in [2.24, 2.45) is 14.1 Å². The van der Waals surface area contributed by atoms with Crippen LogP contribution in [-0.2, 0) is 18.9 Å². The number of carbonyl (C=O) groups excluding carboxylic acids is 1. The number of hydrogen-bond acceptors (Lipinski definition) is 8. The Balaban J connectivity index is 1.40. The first-order valence-corrected chi connectivity index (χ1v) is 15.7. The summed E-state index contributed by atoms with van der Waals surface area (Å²) < 4.78 is 4.95. The van der Waals surface area contributed by atoms with E-state index in [1.165, 1.54) is 14.1 Å². The van der Waals surface area contributed by atoms with Gasteiger partial charge in [-0.1, -0.05) is 60.4 Å². The van der Waals surface area contributed by atoms with E-state index in [2.05, 4.69) is 28.0 Å². The number of rotatable bonds is 5. The molecule has 0 spiro atoms. The Bertz CT molecular complexity index is 2030. The van der Waals surface area contributed by atoms with Gasteiger partial charge in [0, 0.05) is 51.5 Å². The Morgan fingerprint density at radius 2 is 1.42 bits per heavy atom. The van der Waals surface area contributed by atoms with Gasteiger partial charge >= 0.3 is 0 Å². The van der Waals surface area contributed by atoms with Gasteiger partial charge in [-0.05, 0) is 49.8 Å². The summed E-state index contributed by atoms with van der Waals surface area (Å²) in [6.45, 7) is 6.26. The average Bonchev–Trinajstić information content (AvgIpc) is 3.45. The van der Waals surface area contributed by atoms with E-state index >= 15 is 0 Å². The summed E-state index contributed by atoms with van der Waals surface area (Å²) >= 11 is 6.77. The van der Waals surface area contributed by atoms with Crippen molar-refractivity contribution >= 4 is 57.5 Å². The lowest BCUT2D eigenvalue weighted by Crippen LogP contribution is -2.48. The molecule has 4 aromatic rings. The maximum absolute atomic E-state index is 14.0. The van der Waals surface area contributed by atoms with Crippen molar-refractivity contribution in [3.05, 3.63) is 109 Å². The highest BCUT2D eigenvalue weighted by atomic mass is 32.2. The van der Waals surface area contributed by atoms with Crippen LogP contribution in [0.15, 0.2) is 75.2 Å². The molecule has 2 saturated heterocycles. The normalized spacial score (nSPS) is 16.2. The first-order valence-electron chi connectivity index (χ1n) is 14.4. The fourth-order valence-electron chi connectivity index (χ4n) is 6.01. The Hall–Kier alpha value is -4.86. The maximum atomic E-state index is 14.0. The molecule has 2 aliphatic rings. The fraction of sp³-hybridized carbons (Fsp3) is 0.242. The van der Waals surface area contributed by atoms with Crippen molar-refractivity contribution in [3.63, 3.8) is 0 Å². The predicted molar refractivity (Wildman–Crippen MR) is 183 cm³/mol. The Labute approximate surface area is 270 Å². The van der Waals surface area contributed by atoms with Crippen molar-refractivity contribution in [2.75, 3.05) is 40.9 Å². The summed E-state index contributed by atoms with van der Waals surface area (Å²) in [6, 6.07) is 21.4. The second-order valence-corrected chi connectivity index (χ2v) is 12.6. The maximum Gasteiger partial charge on any atom is 0.296 e. The molecule has 10 nitrogen and oxygen atoms in total. The summed E-state index contributed by atoms with van der Waals surface area (Å²) in [7, 11) is 3.42. The third-order valence-corrected chi connectivity index (χ3v) is 9.79. The smallest absolute Gasteiger partial charge is 0.296 e. The van der Waals surface area contributed by atoms with Crippen LogP contribution in [0.3, 0.4) is 0 Å². The Kier molecular flexibility index (Phi) is 7.99. The van der Waals surface area contributed by atoms with Gasteiger partial charge in [-0.3, -0.25) is 28.5 Å². The number of pyridine rings is 1. The molecule has 0 bridgehead atoms. The van der Waals surface area contributed by atoms with E-state index in [9.17, 15) is 19.6 Å². The molecule has 4 heterocycles. The van der Waals surface area contributed by atoms with Crippen LogP contribution >= 0.6 is 24.0 Å². The van der Waals surface area contributed by atoms with Gasteiger partial charge in [0.25, 0.3) is 17.0 Å². The van der Waals surface area contributed by atoms with E-state index in [1.54, 1.807) is 38.7 Å². The molecule has 0 atom stereocenters. The van der Waals surface area contributed by atoms with E-state index in [1.807, 2.05) is 48.5 Å². The molecule has 45 heavy (non-hydrogen) atoms. The van der Waals surface area contributed by atoms with E-state index in [0.29, 0.717) is 46.3 Å². The molecule has 0 unspecified atom stereocenters. The van der Waals surface area contributed by atoms with Gasteiger partial charge in [-0.25, -0.2) is 4.68 Å². The summed E-state index contributed by atoms with van der Waals surface area (Å²) in [5.41, 5.74) is 2.96. The first-order chi connectivity index (χ1) is 21.6. The summed E-state index contributed by atoms with van der Waals surface area (Å²) in [4.78, 5) is 47.1. The number of nitriles is 1. The minimum Gasteiger partial charge on any atom is -0.368 e. The lowest BCUT2D eigenvalue weighted by molar-refractivity contribution is -0.113. The number of thioether (sulfide) groups is 1. The fourth-order valence-corrected chi connectivity index (χ4v) is 7.27. The summed E-state index contributed by atoms with van der Waals surface area (Å²) in [5.74, 6) is 0.208. The van der Waals surface area contributed by atoms with E-state index in [4.69, 9.17) is 12.2 Å². The van der Waals surface area contributed by atoms with Gasteiger partial charge in [0.2, 0.25) is 0 Å². The molecule has 0 radical (unpaired) electrons. The van der Waals surface area contributed by atoms with Crippen LogP contribution in [0.4, 0.5) is 17.2 Å². The third-order valence-electron chi connectivity index (χ3n) is 8.49. The number of amides is 1. The summed E-state index contributed by atoms with van der Waals surface area (Å²) in [5, 5.41) is 9.89. The van der Waals surface area contributed by atoms with Crippen LogP contribution < -0.4 is 25.8 Å². The number of para-hydroxylation sites is 2. The Morgan fingerprint density at radius 3 is 2.02 bits per heavy atom. The molecule has 6 rings (SSSR count). The van der Waals surface area contributed by atoms with Gasteiger partial charge in [0.15, 0.2) is 4.32 Å². The topological polar surface area (TPSA) is 99.5 Å². The third kappa shape index (κ3) is 5.08. The molecule has 2 aromatic carbocycles. The molecule has 228 valence electrons. The van der Waals surface area contributed by atoms with Gasteiger partial charge < -0.3 is 9.80 Å². The molecular formula is C33H31N7O3S2. The monoisotopic (exact) mass is 637 g/mol. The van der Waals surface area contributed by atoms with Gasteiger partial charge in [-0.15, -0.1) is 0 Å². The number of anilines is 3. The second-order valence-electron chi connectivity index (χ2n) is 11.0. The molecule has 0 N–H and O–H groups in total. The number of aromatic nitrogens is 3. The molecule has 0 saturated carbocycles. The van der Waals surface area contributed by atoms with Crippen LogP contribution in [0.5, 0.6) is 0 Å². The lowest BCUT2D eigenvalue weighted by Gasteiger charge is -2.38. The van der Waals surface area contributed by atoms with Crippen LogP contribution in [0, 0.1) is 25.2 Å². The Morgan fingerprint density at radius 1 is 0.844 bits per heavy atom. The number of piperazine rings is 1. The number of hydrogen-bond donors (Lipinski definition) is 0. The minimum absolute atomic E-state index is 0.0237. The van der Waals surface area contributed by atoms with Gasteiger partial charge in [0.1, 0.15) is 23.1 Å². The zero-order valence-corrected chi connectivity index (χ0v) is 27.0. The van der Waals surface area contributed by atoms with Crippen LogP contribution in [0.25, 0.3) is 11.8 Å². The van der Waals surface area contributed by atoms with Crippen LogP contribution in [0.1, 0.15) is 22.4 Å². The van der Waals surface area contributed by atoms with E-state index in [-0.39, 0.29) is 26.7 Å². The standard InChI is InChI=1S/C33H31N7O3S2/c1-21-25(29(35(3)30(41)26(21)20-34)38-17-15-37(16-18-38)23-11-7-5-8-12-23)19-27-31(42)39(33(44)45-27)28-22(2)36(4)40(32(28)43)24-13-9-6-10-14-24/h5-14,19H,15-18H2,1-4H3/b27-19+. The highest BCUT2D eigenvalue weighted by Gasteiger charge is 2.38. The molecular weight excluding hydrogens is 607 g/mol. The number of nitrogens with zero attached hydrogens (tertiary/aromatic N) is 7. The SMILES string of the molecule is Cc1c(/C=C2/SC(=S)N(c3c(C)n(C)n(-c4ccccc4)c3=O)C2=O)c(N2CCN(c3ccccc3)CC2)n(C)c(=O)c1C#N. The van der Waals surface area contributed by atoms with Gasteiger partial charge in [-0.2, -0.15) is 5.26 Å². The quantitative estimate of drug-likeness (QED) is 0.238. The average molecular weight is 638 g/mol. The number of carbonyl (C=O) groups is 1. The molecule has 0 aliphatic carbocycles. The molecule has 1 amide bonds. The molecule has 2 aromatic heterocycles. The predicted octanol–water partition coefficient (Wildman–Crippen LogP) is 4.10. The van der Waals surface area contributed by atoms with Crippen molar-refractivity contribution in [1.29, 1.82) is 5.26 Å². The van der Waals surface area contributed by atoms with Crippen molar-refractivity contribution in [3.8, 4) is 11.8 Å².